The number of methoxy groups -OCH3 is 1. The zero-order valence-corrected chi connectivity index (χ0v) is 19.6. The number of hydrogen-bond donors (Lipinski definition) is 0. The molecule has 0 radical (unpaired) electrons. The van der Waals surface area contributed by atoms with Gasteiger partial charge in [-0.25, -0.2) is 4.79 Å². The fourth-order valence-electron chi connectivity index (χ4n) is 3.87. The van der Waals surface area contributed by atoms with Gasteiger partial charge in [-0.15, -0.1) is 0 Å². The quantitative estimate of drug-likeness (QED) is 0.489. The lowest BCUT2D eigenvalue weighted by molar-refractivity contribution is -0.236. The predicted octanol–water partition coefficient (Wildman–Crippen LogP) is 6.67. The molecule has 0 atom stereocenters. The summed E-state index contributed by atoms with van der Waals surface area (Å²) in [5.74, 6) is -0.940. The molecule has 0 aliphatic carbocycles. The van der Waals surface area contributed by atoms with Gasteiger partial charge in [0.2, 0.25) is 5.79 Å². The summed E-state index contributed by atoms with van der Waals surface area (Å²) in [6.07, 6.45) is 0.757. The second kappa shape index (κ2) is 8.26. The van der Waals surface area contributed by atoms with Crippen molar-refractivity contribution in [1.82, 2.24) is 0 Å². The molecule has 6 heteroatoms. The molecular weight excluding hydrogens is 423 g/mol. The fourth-order valence-corrected chi connectivity index (χ4v) is 4.39. The third-order valence-corrected chi connectivity index (χ3v) is 5.59. The van der Waals surface area contributed by atoms with Crippen LogP contribution in [-0.4, -0.2) is 24.5 Å². The van der Waals surface area contributed by atoms with Crippen LogP contribution in [0.4, 0.5) is 0 Å². The van der Waals surface area contributed by atoms with Crippen molar-refractivity contribution in [3.63, 3.8) is 0 Å². The molecule has 160 valence electrons. The second-order valence-corrected chi connectivity index (χ2v) is 9.00. The monoisotopic (exact) mass is 448 g/mol. The number of rotatable bonds is 4. The molecule has 0 unspecified atom stereocenters. The maximum Gasteiger partial charge on any atom is 0.340 e. The topological polar surface area (TPSA) is 44.8 Å². The predicted molar refractivity (Wildman–Crippen MR) is 121 cm³/mol. The van der Waals surface area contributed by atoms with Crippen molar-refractivity contribution >= 4 is 34.9 Å². The third-order valence-electron chi connectivity index (χ3n) is 5.04. The van der Waals surface area contributed by atoms with Gasteiger partial charge in [-0.3, -0.25) is 0 Å². The van der Waals surface area contributed by atoms with Crippen molar-refractivity contribution in [1.29, 1.82) is 0 Å². The first-order chi connectivity index (χ1) is 14.0. The van der Waals surface area contributed by atoms with Crippen molar-refractivity contribution in [2.24, 2.45) is 0 Å². The third kappa shape index (κ3) is 4.36. The number of benzene rings is 2. The van der Waals surface area contributed by atoms with Crippen LogP contribution in [0.25, 0.3) is 16.9 Å². The number of carbonyl (C=O) groups is 1. The van der Waals surface area contributed by atoms with Crippen molar-refractivity contribution in [3.8, 4) is 11.1 Å². The number of esters is 1. The first kappa shape index (κ1) is 22.7. The molecule has 2 aromatic rings. The van der Waals surface area contributed by atoms with Crippen LogP contribution in [0.15, 0.2) is 42.0 Å². The molecule has 0 amide bonds. The Labute approximate surface area is 187 Å². The van der Waals surface area contributed by atoms with Gasteiger partial charge in [0.05, 0.1) is 7.11 Å². The van der Waals surface area contributed by atoms with E-state index in [-0.39, 0.29) is 0 Å². The average molecular weight is 449 g/mol. The highest BCUT2D eigenvalue weighted by atomic mass is 35.5. The fraction of sp³-hybridized carbons (Fsp3) is 0.375. The number of halogens is 2. The summed E-state index contributed by atoms with van der Waals surface area (Å²) in [7, 11) is 1.35. The minimum absolute atomic E-state index is 0.346. The van der Waals surface area contributed by atoms with Crippen molar-refractivity contribution in [2.45, 2.75) is 52.4 Å². The molecule has 3 rings (SSSR count). The van der Waals surface area contributed by atoms with E-state index in [2.05, 4.69) is 6.92 Å². The molecule has 0 saturated carbocycles. The molecule has 30 heavy (non-hydrogen) atoms. The van der Waals surface area contributed by atoms with Crippen LogP contribution in [0.2, 0.25) is 10.0 Å². The Morgan fingerprint density at radius 2 is 1.73 bits per heavy atom. The summed E-state index contributed by atoms with van der Waals surface area (Å²) in [5, 5.41) is 1.12. The van der Waals surface area contributed by atoms with Gasteiger partial charge >= 0.3 is 5.97 Å². The highest BCUT2D eigenvalue weighted by Crippen LogP contribution is 2.43. The molecular formula is C24H26Cl2O4. The zero-order valence-electron chi connectivity index (χ0n) is 18.1. The summed E-state index contributed by atoms with van der Waals surface area (Å²) < 4.78 is 17.3. The second-order valence-electron chi connectivity index (χ2n) is 8.16. The van der Waals surface area contributed by atoms with Gasteiger partial charge in [-0.1, -0.05) is 48.3 Å². The largest absolute Gasteiger partial charge is 0.465 e. The number of ether oxygens (including phenoxy) is 3. The lowest BCUT2D eigenvalue weighted by Gasteiger charge is -2.43. The normalized spacial score (nSPS) is 17.5. The van der Waals surface area contributed by atoms with Crippen molar-refractivity contribution in [2.75, 3.05) is 7.11 Å². The van der Waals surface area contributed by atoms with Crippen LogP contribution in [-0.2, 0) is 25.4 Å². The van der Waals surface area contributed by atoms with E-state index >= 15 is 0 Å². The molecule has 1 aliphatic heterocycles. The molecule has 0 saturated heterocycles. The lowest BCUT2D eigenvalue weighted by Crippen LogP contribution is -2.47. The minimum Gasteiger partial charge on any atom is -0.465 e. The number of hydrogen-bond acceptors (Lipinski definition) is 4. The molecule has 1 heterocycles. The Bertz CT molecular complexity index is 1020. The summed E-state index contributed by atoms with van der Waals surface area (Å²) >= 11 is 12.5. The Hall–Kier alpha value is -2.01. The molecule has 2 aromatic carbocycles. The Morgan fingerprint density at radius 3 is 2.33 bits per heavy atom. The molecule has 4 nitrogen and oxygen atoms in total. The van der Waals surface area contributed by atoms with Gasteiger partial charge in [0.15, 0.2) is 0 Å². The Morgan fingerprint density at radius 1 is 1.03 bits per heavy atom. The molecule has 0 fully saturated rings. The molecule has 1 aliphatic rings. The van der Waals surface area contributed by atoms with Gasteiger partial charge in [0, 0.05) is 35.0 Å². The number of carbonyl (C=O) groups excluding carboxylic acids is 1. The van der Waals surface area contributed by atoms with Crippen LogP contribution >= 0.6 is 23.2 Å². The molecule has 0 aromatic heterocycles. The standard InChI is InChI=1S/C24H26Cl2O4/c1-7-14-8-9-15(17-11-10-16(25)13-19(17)26)12-18(14)21-20(22(27)28-6)23(2,3)30-24(4,5)29-21/h8-13H,7H2,1-6H3. The van der Waals surface area contributed by atoms with E-state index in [0.29, 0.717) is 21.4 Å². The Balaban J connectivity index is 2.30. The highest BCUT2D eigenvalue weighted by Gasteiger charge is 2.46. The minimum atomic E-state index is -0.921. The van der Waals surface area contributed by atoms with Crippen LogP contribution in [0.3, 0.4) is 0 Å². The summed E-state index contributed by atoms with van der Waals surface area (Å²) in [6.45, 7) is 9.40. The van der Waals surface area contributed by atoms with E-state index in [9.17, 15) is 4.79 Å². The molecule has 0 N–H and O–H groups in total. The zero-order chi connectivity index (χ0) is 22.3. The summed E-state index contributed by atoms with van der Waals surface area (Å²) in [5.41, 5.74) is 3.03. The number of aryl methyl sites for hydroxylation is 1. The van der Waals surface area contributed by atoms with Crippen LogP contribution in [0.1, 0.15) is 45.7 Å². The van der Waals surface area contributed by atoms with Crippen LogP contribution in [0.5, 0.6) is 0 Å². The highest BCUT2D eigenvalue weighted by molar-refractivity contribution is 6.36. The maximum atomic E-state index is 12.7. The maximum absolute atomic E-state index is 12.7. The SMILES string of the molecule is CCc1ccc(-c2ccc(Cl)cc2Cl)cc1C1=C(C(=O)OC)C(C)(C)OC(C)(C)O1. The van der Waals surface area contributed by atoms with Gasteiger partial charge in [0.1, 0.15) is 16.9 Å². The van der Waals surface area contributed by atoms with Gasteiger partial charge in [0.25, 0.3) is 0 Å². The first-order valence-electron chi connectivity index (χ1n) is 9.80. The van der Waals surface area contributed by atoms with Crippen molar-refractivity contribution < 1.29 is 19.0 Å². The van der Waals surface area contributed by atoms with Gasteiger partial charge in [-0.05, 0) is 49.6 Å². The van der Waals surface area contributed by atoms with Crippen molar-refractivity contribution in [3.05, 3.63) is 63.1 Å². The van der Waals surface area contributed by atoms with E-state index in [1.807, 2.05) is 52.0 Å². The van der Waals surface area contributed by atoms with Gasteiger partial charge in [-0.2, -0.15) is 0 Å². The first-order valence-corrected chi connectivity index (χ1v) is 10.6. The molecule has 0 bridgehead atoms. The van der Waals surface area contributed by atoms with Gasteiger partial charge < -0.3 is 14.2 Å². The van der Waals surface area contributed by atoms with E-state index in [0.717, 1.165) is 28.7 Å². The Kier molecular flexibility index (Phi) is 6.24. The average Bonchev–Trinajstić information content (AvgIpc) is 2.65. The van der Waals surface area contributed by atoms with E-state index in [1.54, 1.807) is 12.1 Å². The van der Waals surface area contributed by atoms with Crippen LogP contribution < -0.4 is 0 Å². The van der Waals surface area contributed by atoms with E-state index in [4.69, 9.17) is 37.4 Å². The van der Waals surface area contributed by atoms with E-state index < -0.39 is 17.4 Å². The molecule has 0 spiro atoms. The summed E-state index contributed by atoms with van der Waals surface area (Å²) in [6, 6.07) is 11.4. The lowest BCUT2D eigenvalue weighted by atomic mass is 9.88. The van der Waals surface area contributed by atoms with Crippen LogP contribution in [0, 0.1) is 0 Å². The van der Waals surface area contributed by atoms with E-state index in [1.165, 1.54) is 7.11 Å². The summed E-state index contributed by atoms with van der Waals surface area (Å²) in [4.78, 5) is 12.7. The smallest absolute Gasteiger partial charge is 0.340 e.